The second-order valence-corrected chi connectivity index (χ2v) is 7.30. The van der Waals surface area contributed by atoms with Crippen LogP contribution in [0.4, 0.5) is 5.95 Å². The molecule has 0 aliphatic carbocycles. The lowest BCUT2D eigenvalue weighted by Crippen LogP contribution is -2.47. The lowest BCUT2D eigenvalue weighted by Gasteiger charge is -2.40. The minimum Gasteiger partial charge on any atom is -0.340 e. The number of rotatable bonds is 2. The van der Waals surface area contributed by atoms with Gasteiger partial charge in [0.05, 0.1) is 5.56 Å². The van der Waals surface area contributed by atoms with Gasteiger partial charge in [-0.1, -0.05) is 0 Å². The molecule has 130 valence electrons. The quantitative estimate of drug-likeness (QED) is 0.841. The van der Waals surface area contributed by atoms with Crippen LogP contribution in [0, 0.1) is 12.3 Å². The zero-order valence-corrected chi connectivity index (χ0v) is 14.6. The molecule has 1 spiro atoms. The van der Waals surface area contributed by atoms with Crippen LogP contribution >= 0.6 is 0 Å². The fourth-order valence-corrected chi connectivity index (χ4v) is 4.04. The third kappa shape index (κ3) is 3.21. The summed E-state index contributed by atoms with van der Waals surface area (Å²) in [6, 6.07) is 3.66. The molecule has 0 bridgehead atoms. The maximum Gasteiger partial charge on any atom is 0.255 e. The van der Waals surface area contributed by atoms with Crippen LogP contribution in [-0.2, 0) is 0 Å². The van der Waals surface area contributed by atoms with Gasteiger partial charge in [-0.15, -0.1) is 0 Å². The molecule has 0 N–H and O–H groups in total. The number of hydrogen-bond donors (Lipinski definition) is 0. The summed E-state index contributed by atoms with van der Waals surface area (Å²) in [5, 5.41) is 0. The Kier molecular flexibility index (Phi) is 4.11. The van der Waals surface area contributed by atoms with Crippen molar-refractivity contribution in [3.63, 3.8) is 0 Å². The number of carbonyl (C=O) groups excluding carboxylic acids is 1. The Hall–Kier alpha value is -2.50. The van der Waals surface area contributed by atoms with E-state index in [0.717, 1.165) is 57.0 Å². The van der Waals surface area contributed by atoms with Gasteiger partial charge in [-0.2, -0.15) is 0 Å². The van der Waals surface area contributed by atoms with Gasteiger partial charge in [0, 0.05) is 56.4 Å². The number of aryl methyl sites for hydroxylation is 1. The Morgan fingerprint density at radius 1 is 1.12 bits per heavy atom. The molecule has 6 heteroatoms. The molecule has 0 saturated carbocycles. The van der Waals surface area contributed by atoms with Crippen molar-refractivity contribution in [1.82, 2.24) is 19.9 Å². The van der Waals surface area contributed by atoms with Gasteiger partial charge in [0.25, 0.3) is 5.91 Å². The predicted octanol–water partition coefficient (Wildman–Crippen LogP) is 2.31. The van der Waals surface area contributed by atoms with Crippen LogP contribution in [0.1, 0.15) is 35.2 Å². The molecule has 4 heterocycles. The van der Waals surface area contributed by atoms with Crippen LogP contribution in [0.15, 0.2) is 36.9 Å². The number of anilines is 1. The van der Waals surface area contributed by atoms with E-state index in [1.165, 1.54) is 0 Å². The van der Waals surface area contributed by atoms with Gasteiger partial charge in [-0.25, -0.2) is 9.97 Å². The highest BCUT2D eigenvalue weighted by atomic mass is 16.2. The van der Waals surface area contributed by atoms with E-state index < -0.39 is 0 Å². The summed E-state index contributed by atoms with van der Waals surface area (Å²) in [7, 11) is 0. The first-order chi connectivity index (χ1) is 12.2. The molecule has 4 rings (SSSR count). The maximum atomic E-state index is 12.8. The van der Waals surface area contributed by atoms with Gasteiger partial charge < -0.3 is 9.80 Å². The fraction of sp³-hybridized carbons (Fsp3) is 0.474. The average molecular weight is 337 g/mol. The van der Waals surface area contributed by atoms with Crippen molar-refractivity contribution in [2.75, 3.05) is 31.1 Å². The third-order valence-corrected chi connectivity index (χ3v) is 5.35. The molecule has 6 nitrogen and oxygen atoms in total. The van der Waals surface area contributed by atoms with Crippen molar-refractivity contribution in [3.05, 3.63) is 48.0 Å². The molecule has 2 aromatic heterocycles. The summed E-state index contributed by atoms with van der Waals surface area (Å²) < 4.78 is 0. The van der Waals surface area contributed by atoms with Gasteiger partial charge in [0.15, 0.2) is 0 Å². The molecule has 25 heavy (non-hydrogen) atoms. The Balaban J connectivity index is 1.47. The normalized spacial score (nSPS) is 23.2. The van der Waals surface area contributed by atoms with E-state index in [9.17, 15) is 4.79 Å². The first kappa shape index (κ1) is 16.0. The van der Waals surface area contributed by atoms with E-state index in [1.807, 2.05) is 36.4 Å². The molecular formula is C19H23N5O. The first-order valence-corrected chi connectivity index (χ1v) is 8.88. The van der Waals surface area contributed by atoms with E-state index >= 15 is 0 Å². The lowest BCUT2D eigenvalue weighted by molar-refractivity contribution is 0.0556. The minimum atomic E-state index is 0.0946. The topological polar surface area (TPSA) is 62.2 Å². The van der Waals surface area contributed by atoms with Crippen LogP contribution in [-0.4, -0.2) is 51.9 Å². The van der Waals surface area contributed by atoms with Crippen LogP contribution in [0.25, 0.3) is 0 Å². The van der Waals surface area contributed by atoms with Crippen molar-refractivity contribution >= 4 is 11.9 Å². The van der Waals surface area contributed by atoms with Crippen molar-refractivity contribution in [1.29, 1.82) is 0 Å². The number of likely N-dealkylation sites (tertiary alicyclic amines) is 1. The standard InChI is InChI=1S/C19H23N5O/c1-15-10-21-18(22-11-15)24-9-6-19(14-24)5-3-8-23(13-19)17(25)16-4-2-7-20-12-16/h2,4,7,10-12H,3,5-6,8-9,13-14H2,1H3. The molecule has 2 aromatic rings. The van der Waals surface area contributed by atoms with Crippen molar-refractivity contribution < 1.29 is 4.79 Å². The summed E-state index contributed by atoms with van der Waals surface area (Å²) in [4.78, 5) is 30.0. The number of carbonyl (C=O) groups is 1. The zero-order valence-electron chi connectivity index (χ0n) is 14.6. The van der Waals surface area contributed by atoms with Gasteiger partial charge in [0.1, 0.15) is 0 Å². The SMILES string of the molecule is Cc1cnc(N2CCC3(CCCN(C(=O)c4cccnc4)C3)C2)nc1. The van der Waals surface area contributed by atoms with Crippen molar-refractivity contribution in [3.8, 4) is 0 Å². The monoisotopic (exact) mass is 337 g/mol. The van der Waals surface area contributed by atoms with Crippen molar-refractivity contribution in [2.45, 2.75) is 26.2 Å². The molecule has 2 aliphatic rings. The largest absolute Gasteiger partial charge is 0.340 e. The Morgan fingerprint density at radius 3 is 2.72 bits per heavy atom. The smallest absolute Gasteiger partial charge is 0.255 e. The summed E-state index contributed by atoms with van der Waals surface area (Å²) in [6.45, 7) is 5.52. The van der Waals surface area contributed by atoms with Crippen LogP contribution in [0.3, 0.4) is 0 Å². The summed E-state index contributed by atoms with van der Waals surface area (Å²) in [5.41, 5.74) is 1.91. The number of aromatic nitrogens is 3. The van der Waals surface area contributed by atoms with Crippen LogP contribution < -0.4 is 4.90 Å². The maximum absolute atomic E-state index is 12.8. The third-order valence-electron chi connectivity index (χ3n) is 5.35. The molecule has 2 aliphatic heterocycles. The Morgan fingerprint density at radius 2 is 1.96 bits per heavy atom. The Bertz CT molecular complexity index is 748. The van der Waals surface area contributed by atoms with E-state index in [-0.39, 0.29) is 11.3 Å². The molecule has 1 amide bonds. The minimum absolute atomic E-state index is 0.0946. The average Bonchev–Trinajstić information content (AvgIpc) is 3.05. The number of nitrogens with zero attached hydrogens (tertiary/aromatic N) is 5. The highest BCUT2D eigenvalue weighted by molar-refractivity contribution is 5.94. The number of pyridine rings is 1. The van der Waals surface area contributed by atoms with E-state index in [0.29, 0.717) is 5.56 Å². The summed E-state index contributed by atoms with van der Waals surface area (Å²) in [5.74, 6) is 0.899. The van der Waals surface area contributed by atoms with Gasteiger partial charge in [0.2, 0.25) is 5.95 Å². The fourth-order valence-electron chi connectivity index (χ4n) is 4.04. The first-order valence-electron chi connectivity index (χ1n) is 8.88. The summed E-state index contributed by atoms with van der Waals surface area (Å²) >= 11 is 0. The zero-order chi connectivity index (χ0) is 17.3. The van der Waals surface area contributed by atoms with Gasteiger partial charge >= 0.3 is 0 Å². The highest BCUT2D eigenvalue weighted by Crippen LogP contribution is 2.40. The second-order valence-electron chi connectivity index (χ2n) is 7.30. The van der Waals surface area contributed by atoms with E-state index in [4.69, 9.17) is 0 Å². The molecule has 2 saturated heterocycles. The molecular weight excluding hydrogens is 314 g/mol. The predicted molar refractivity (Wildman–Crippen MR) is 95.4 cm³/mol. The molecule has 1 atom stereocenters. The number of amides is 1. The second kappa shape index (κ2) is 6.43. The van der Waals surface area contributed by atoms with Crippen molar-refractivity contribution in [2.24, 2.45) is 5.41 Å². The number of hydrogen-bond acceptors (Lipinski definition) is 5. The Labute approximate surface area is 147 Å². The molecule has 0 aromatic carbocycles. The van der Waals surface area contributed by atoms with Gasteiger partial charge in [-0.3, -0.25) is 9.78 Å². The van der Waals surface area contributed by atoms with E-state index in [2.05, 4.69) is 19.9 Å². The number of piperidine rings is 1. The van der Waals surface area contributed by atoms with Crippen LogP contribution in [0.5, 0.6) is 0 Å². The summed E-state index contributed by atoms with van der Waals surface area (Å²) in [6.07, 6.45) is 10.4. The highest BCUT2D eigenvalue weighted by Gasteiger charge is 2.43. The molecule has 0 radical (unpaired) electrons. The van der Waals surface area contributed by atoms with E-state index in [1.54, 1.807) is 12.4 Å². The molecule has 2 fully saturated rings. The lowest BCUT2D eigenvalue weighted by atomic mass is 9.79. The van der Waals surface area contributed by atoms with Gasteiger partial charge in [-0.05, 0) is 43.9 Å². The molecule has 1 unspecified atom stereocenters. The van der Waals surface area contributed by atoms with Crippen LogP contribution in [0.2, 0.25) is 0 Å².